The average Bonchev–Trinajstić information content (AvgIpc) is 2.51. The Morgan fingerprint density at radius 1 is 1.09 bits per heavy atom. The van der Waals surface area contributed by atoms with E-state index in [0.29, 0.717) is 0 Å². The lowest BCUT2D eigenvalue weighted by Gasteiger charge is -2.26. The zero-order valence-electron chi connectivity index (χ0n) is 13.1. The predicted octanol–water partition coefficient (Wildman–Crippen LogP) is 5.64. The SMILES string of the molecule is Cc1cc(C)c(OC2CCCCO2)c(-c2ccccc2Br)c1. The van der Waals surface area contributed by atoms with Gasteiger partial charge in [0.25, 0.3) is 0 Å². The zero-order valence-corrected chi connectivity index (χ0v) is 14.7. The Morgan fingerprint density at radius 2 is 1.91 bits per heavy atom. The van der Waals surface area contributed by atoms with E-state index in [1.54, 1.807) is 0 Å². The molecule has 1 saturated heterocycles. The van der Waals surface area contributed by atoms with Gasteiger partial charge in [0.1, 0.15) is 5.75 Å². The number of aryl methyl sites for hydroxylation is 2. The van der Waals surface area contributed by atoms with Crippen molar-refractivity contribution in [2.24, 2.45) is 0 Å². The molecule has 0 spiro atoms. The van der Waals surface area contributed by atoms with Crippen molar-refractivity contribution in [3.63, 3.8) is 0 Å². The summed E-state index contributed by atoms with van der Waals surface area (Å²) >= 11 is 3.65. The molecule has 1 heterocycles. The number of hydrogen-bond acceptors (Lipinski definition) is 2. The van der Waals surface area contributed by atoms with E-state index in [1.165, 1.54) is 12.0 Å². The van der Waals surface area contributed by atoms with Crippen LogP contribution >= 0.6 is 15.9 Å². The van der Waals surface area contributed by atoms with Gasteiger partial charge in [-0.3, -0.25) is 0 Å². The number of hydrogen-bond donors (Lipinski definition) is 0. The van der Waals surface area contributed by atoms with E-state index < -0.39 is 0 Å². The number of ether oxygens (including phenoxy) is 2. The topological polar surface area (TPSA) is 18.5 Å². The van der Waals surface area contributed by atoms with Crippen molar-refractivity contribution in [2.75, 3.05) is 6.61 Å². The molecule has 2 nitrogen and oxygen atoms in total. The lowest BCUT2D eigenvalue weighted by Crippen LogP contribution is -2.25. The Kier molecular flexibility index (Phi) is 4.84. The van der Waals surface area contributed by atoms with Crippen molar-refractivity contribution in [2.45, 2.75) is 39.4 Å². The van der Waals surface area contributed by atoms with Crippen molar-refractivity contribution < 1.29 is 9.47 Å². The van der Waals surface area contributed by atoms with Crippen LogP contribution in [0.5, 0.6) is 5.75 Å². The van der Waals surface area contributed by atoms with Crippen LogP contribution in [0.3, 0.4) is 0 Å². The summed E-state index contributed by atoms with van der Waals surface area (Å²) < 4.78 is 13.1. The maximum Gasteiger partial charge on any atom is 0.199 e. The summed E-state index contributed by atoms with van der Waals surface area (Å²) in [6.45, 7) is 5.01. The molecule has 22 heavy (non-hydrogen) atoms. The number of benzene rings is 2. The molecule has 3 rings (SSSR count). The molecule has 1 aliphatic rings. The summed E-state index contributed by atoms with van der Waals surface area (Å²) in [7, 11) is 0. The molecule has 1 atom stereocenters. The molecule has 3 heteroatoms. The molecule has 0 aliphatic carbocycles. The smallest absolute Gasteiger partial charge is 0.199 e. The highest BCUT2D eigenvalue weighted by Crippen LogP contribution is 2.39. The Hall–Kier alpha value is -1.32. The number of halogens is 1. The van der Waals surface area contributed by atoms with Crippen LogP contribution in [0.15, 0.2) is 40.9 Å². The fourth-order valence-corrected chi connectivity index (χ4v) is 3.42. The molecule has 0 saturated carbocycles. The van der Waals surface area contributed by atoms with Gasteiger partial charge in [-0.1, -0.05) is 40.2 Å². The average molecular weight is 361 g/mol. The van der Waals surface area contributed by atoms with Gasteiger partial charge in [0, 0.05) is 16.5 Å². The molecular formula is C19H21BrO2. The largest absolute Gasteiger partial charge is 0.464 e. The van der Waals surface area contributed by atoms with Gasteiger partial charge >= 0.3 is 0 Å². The highest BCUT2D eigenvalue weighted by molar-refractivity contribution is 9.10. The summed E-state index contributed by atoms with van der Waals surface area (Å²) in [5.74, 6) is 0.935. The minimum atomic E-state index is -0.128. The monoisotopic (exact) mass is 360 g/mol. The van der Waals surface area contributed by atoms with Crippen LogP contribution in [0, 0.1) is 13.8 Å². The Bertz CT molecular complexity index is 660. The molecule has 2 aromatic rings. The first kappa shape index (κ1) is 15.6. The lowest BCUT2D eigenvalue weighted by atomic mass is 9.99. The molecule has 0 aromatic heterocycles. The molecule has 0 amide bonds. The second-order valence-electron chi connectivity index (χ2n) is 5.85. The van der Waals surface area contributed by atoms with Gasteiger partial charge in [-0.05, 0) is 55.5 Å². The van der Waals surface area contributed by atoms with E-state index in [1.807, 2.05) is 6.07 Å². The second kappa shape index (κ2) is 6.84. The van der Waals surface area contributed by atoms with Gasteiger partial charge in [0.15, 0.2) is 6.29 Å². The van der Waals surface area contributed by atoms with E-state index in [4.69, 9.17) is 9.47 Å². The highest BCUT2D eigenvalue weighted by Gasteiger charge is 2.20. The van der Waals surface area contributed by atoms with Gasteiger partial charge < -0.3 is 9.47 Å². The molecule has 116 valence electrons. The first-order valence-electron chi connectivity index (χ1n) is 7.79. The molecule has 1 aliphatic heterocycles. The van der Waals surface area contributed by atoms with Crippen molar-refractivity contribution >= 4 is 15.9 Å². The first-order chi connectivity index (χ1) is 10.6. The lowest BCUT2D eigenvalue weighted by molar-refractivity contribution is -0.105. The third-order valence-corrected chi connectivity index (χ3v) is 4.66. The Labute approximate surface area is 140 Å². The van der Waals surface area contributed by atoms with Gasteiger partial charge in [-0.2, -0.15) is 0 Å². The van der Waals surface area contributed by atoms with Crippen molar-refractivity contribution in [1.82, 2.24) is 0 Å². The maximum atomic E-state index is 6.24. The quantitative estimate of drug-likeness (QED) is 0.705. The van der Waals surface area contributed by atoms with E-state index in [0.717, 1.165) is 46.4 Å². The van der Waals surface area contributed by atoms with Gasteiger partial charge in [-0.25, -0.2) is 0 Å². The molecule has 2 aromatic carbocycles. The second-order valence-corrected chi connectivity index (χ2v) is 6.71. The fraction of sp³-hybridized carbons (Fsp3) is 0.368. The van der Waals surface area contributed by atoms with Crippen molar-refractivity contribution in [1.29, 1.82) is 0 Å². The third-order valence-electron chi connectivity index (χ3n) is 3.97. The zero-order chi connectivity index (χ0) is 15.5. The summed E-state index contributed by atoms with van der Waals surface area (Å²) in [6, 6.07) is 12.6. The van der Waals surface area contributed by atoms with Crippen LogP contribution in [-0.4, -0.2) is 12.9 Å². The summed E-state index contributed by atoms with van der Waals surface area (Å²) in [6.07, 6.45) is 3.13. The van der Waals surface area contributed by atoms with E-state index in [9.17, 15) is 0 Å². The van der Waals surface area contributed by atoms with E-state index >= 15 is 0 Å². The molecule has 0 radical (unpaired) electrons. The summed E-state index contributed by atoms with van der Waals surface area (Å²) in [4.78, 5) is 0. The predicted molar refractivity (Wildman–Crippen MR) is 93.3 cm³/mol. The molecule has 1 unspecified atom stereocenters. The molecular weight excluding hydrogens is 340 g/mol. The fourth-order valence-electron chi connectivity index (χ4n) is 2.93. The molecule has 0 bridgehead atoms. The van der Waals surface area contributed by atoms with Gasteiger partial charge in [-0.15, -0.1) is 0 Å². The van der Waals surface area contributed by atoms with E-state index in [2.05, 4.69) is 60.1 Å². The minimum Gasteiger partial charge on any atom is -0.464 e. The summed E-state index contributed by atoms with van der Waals surface area (Å²) in [5.41, 5.74) is 4.67. The summed E-state index contributed by atoms with van der Waals surface area (Å²) in [5, 5.41) is 0. The third kappa shape index (κ3) is 3.36. The Morgan fingerprint density at radius 3 is 2.64 bits per heavy atom. The molecule has 1 fully saturated rings. The Balaban J connectivity index is 2.02. The normalized spacial score (nSPS) is 18.2. The highest BCUT2D eigenvalue weighted by atomic mass is 79.9. The minimum absolute atomic E-state index is 0.128. The van der Waals surface area contributed by atoms with Crippen molar-refractivity contribution in [3.05, 3.63) is 52.0 Å². The van der Waals surface area contributed by atoms with Gasteiger partial charge in [0.05, 0.1) is 6.61 Å². The van der Waals surface area contributed by atoms with Crippen LogP contribution in [0.25, 0.3) is 11.1 Å². The van der Waals surface area contributed by atoms with Crippen LogP contribution < -0.4 is 4.74 Å². The van der Waals surface area contributed by atoms with Crippen LogP contribution in [-0.2, 0) is 4.74 Å². The van der Waals surface area contributed by atoms with E-state index in [-0.39, 0.29) is 6.29 Å². The number of rotatable bonds is 3. The van der Waals surface area contributed by atoms with Gasteiger partial charge in [0.2, 0.25) is 0 Å². The van der Waals surface area contributed by atoms with Crippen LogP contribution in [0.1, 0.15) is 30.4 Å². The van der Waals surface area contributed by atoms with Crippen LogP contribution in [0.2, 0.25) is 0 Å². The standard InChI is InChI=1S/C19H21BrO2/c1-13-11-14(2)19(22-18-9-5-6-10-21-18)16(12-13)15-7-3-4-8-17(15)20/h3-4,7-8,11-12,18H,5-6,9-10H2,1-2H3. The maximum absolute atomic E-state index is 6.24. The van der Waals surface area contributed by atoms with Crippen LogP contribution in [0.4, 0.5) is 0 Å². The molecule has 0 N–H and O–H groups in total. The van der Waals surface area contributed by atoms with Crippen molar-refractivity contribution in [3.8, 4) is 16.9 Å². The first-order valence-corrected chi connectivity index (χ1v) is 8.59.